The molecule has 2 atom stereocenters. The van der Waals surface area contributed by atoms with Gasteiger partial charge in [-0.25, -0.2) is 0 Å². The van der Waals surface area contributed by atoms with Gasteiger partial charge < -0.3 is 20.4 Å². The van der Waals surface area contributed by atoms with Crippen LogP contribution in [0.4, 0.5) is 0 Å². The van der Waals surface area contributed by atoms with Gasteiger partial charge in [-0.3, -0.25) is 0 Å². The van der Waals surface area contributed by atoms with Crippen molar-refractivity contribution < 1.29 is 20.4 Å². The summed E-state index contributed by atoms with van der Waals surface area (Å²) < 4.78 is 0. The highest BCUT2D eigenvalue weighted by Crippen LogP contribution is 2.05. The molecule has 0 spiro atoms. The van der Waals surface area contributed by atoms with E-state index in [1.165, 1.54) is 6.92 Å². The highest BCUT2D eigenvalue weighted by atomic mass is 16.3. The Kier molecular flexibility index (Phi) is 4.55. The van der Waals surface area contributed by atoms with Crippen molar-refractivity contribution in [1.82, 2.24) is 0 Å². The van der Waals surface area contributed by atoms with Gasteiger partial charge >= 0.3 is 0 Å². The lowest BCUT2D eigenvalue weighted by Crippen LogP contribution is -2.35. The second-order valence-corrected chi connectivity index (χ2v) is 2.36. The van der Waals surface area contributed by atoms with Gasteiger partial charge in [0.2, 0.25) is 0 Å². The number of hydrogen-bond acceptors (Lipinski definition) is 4. The summed E-state index contributed by atoms with van der Waals surface area (Å²) in [5.74, 6) is -0.639. The number of rotatable bonds is 4. The minimum absolute atomic E-state index is 0.317. The SMILES string of the molecule is CC(O)C(O)C(CO)CO. The maximum absolute atomic E-state index is 9.02. The first-order chi connectivity index (χ1) is 4.63. The van der Waals surface area contributed by atoms with Gasteiger partial charge in [0.25, 0.3) is 0 Å². The van der Waals surface area contributed by atoms with Gasteiger partial charge in [-0.05, 0) is 6.92 Å². The average Bonchev–Trinajstić information content (AvgIpc) is 1.90. The van der Waals surface area contributed by atoms with Crippen LogP contribution in [0, 0.1) is 5.92 Å². The van der Waals surface area contributed by atoms with Crippen molar-refractivity contribution in [3.63, 3.8) is 0 Å². The fourth-order valence-corrected chi connectivity index (χ4v) is 0.668. The van der Waals surface area contributed by atoms with Crippen LogP contribution in [0.3, 0.4) is 0 Å². The largest absolute Gasteiger partial charge is 0.396 e. The van der Waals surface area contributed by atoms with Crippen molar-refractivity contribution in [2.75, 3.05) is 13.2 Å². The van der Waals surface area contributed by atoms with Crippen LogP contribution in [0.1, 0.15) is 6.92 Å². The van der Waals surface area contributed by atoms with Crippen molar-refractivity contribution in [3.8, 4) is 0 Å². The summed E-state index contributed by atoms with van der Waals surface area (Å²) in [6.07, 6.45) is -1.96. The van der Waals surface area contributed by atoms with Gasteiger partial charge in [0.05, 0.1) is 25.4 Å². The van der Waals surface area contributed by atoms with Gasteiger partial charge in [-0.15, -0.1) is 0 Å². The Hall–Kier alpha value is -0.160. The molecule has 0 saturated heterocycles. The zero-order chi connectivity index (χ0) is 8.15. The van der Waals surface area contributed by atoms with Gasteiger partial charge in [0.1, 0.15) is 0 Å². The normalized spacial score (nSPS) is 17.4. The van der Waals surface area contributed by atoms with E-state index in [2.05, 4.69) is 0 Å². The Bertz CT molecular complexity index is 79.8. The van der Waals surface area contributed by atoms with Crippen LogP contribution in [-0.4, -0.2) is 45.8 Å². The van der Waals surface area contributed by atoms with Gasteiger partial charge in [0, 0.05) is 5.92 Å². The average molecular weight is 150 g/mol. The molecule has 0 aromatic rings. The summed E-state index contributed by atoms with van der Waals surface area (Å²) in [5, 5.41) is 34.8. The van der Waals surface area contributed by atoms with E-state index in [4.69, 9.17) is 20.4 Å². The van der Waals surface area contributed by atoms with Crippen molar-refractivity contribution in [2.24, 2.45) is 5.92 Å². The first-order valence-electron chi connectivity index (χ1n) is 3.21. The maximum Gasteiger partial charge on any atom is 0.0868 e. The molecule has 0 aromatic carbocycles. The summed E-state index contributed by atoms with van der Waals surface area (Å²) >= 11 is 0. The van der Waals surface area contributed by atoms with E-state index in [-0.39, 0.29) is 13.2 Å². The molecular formula is C6H14O4. The highest BCUT2D eigenvalue weighted by Gasteiger charge is 2.21. The summed E-state index contributed by atoms with van der Waals surface area (Å²) in [4.78, 5) is 0. The van der Waals surface area contributed by atoms with Crippen LogP contribution in [0.15, 0.2) is 0 Å². The predicted octanol–water partition coefficient (Wildman–Crippen LogP) is -1.67. The zero-order valence-corrected chi connectivity index (χ0v) is 5.94. The fourth-order valence-electron chi connectivity index (χ4n) is 0.668. The summed E-state index contributed by atoms with van der Waals surface area (Å²) in [5.41, 5.74) is 0. The fraction of sp³-hybridized carbons (Fsp3) is 1.00. The van der Waals surface area contributed by atoms with Crippen molar-refractivity contribution in [3.05, 3.63) is 0 Å². The van der Waals surface area contributed by atoms with E-state index in [0.717, 1.165) is 0 Å². The molecule has 0 aliphatic rings. The van der Waals surface area contributed by atoms with Crippen molar-refractivity contribution in [2.45, 2.75) is 19.1 Å². The van der Waals surface area contributed by atoms with Crippen LogP contribution in [0.5, 0.6) is 0 Å². The summed E-state index contributed by atoms with van der Waals surface area (Å²) in [6, 6.07) is 0. The molecule has 0 fully saturated rings. The van der Waals surface area contributed by atoms with Crippen LogP contribution >= 0.6 is 0 Å². The van der Waals surface area contributed by atoms with E-state index in [0.29, 0.717) is 0 Å². The third kappa shape index (κ3) is 2.62. The van der Waals surface area contributed by atoms with E-state index >= 15 is 0 Å². The number of aliphatic hydroxyl groups excluding tert-OH is 4. The molecule has 0 bridgehead atoms. The molecule has 2 unspecified atom stereocenters. The smallest absolute Gasteiger partial charge is 0.0868 e. The lowest BCUT2D eigenvalue weighted by molar-refractivity contribution is -0.0402. The Morgan fingerprint density at radius 2 is 1.50 bits per heavy atom. The van der Waals surface area contributed by atoms with E-state index < -0.39 is 18.1 Å². The van der Waals surface area contributed by atoms with E-state index in [1.807, 2.05) is 0 Å². The van der Waals surface area contributed by atoms with Crippen molar-refractivity contribution >= 4 is 0 Å². The molecule has 0 aliphatic carbocycles. The quantitative estimate of drug-likeness (QED) is 0.386. The molecule has 4 nitrogen and oxygen atoms in total. The molecule has 62 valence electrons. The van der Waals surface area contributed by atoms with Crippen LogP contribution in [0.25, 0.3) is 0 Å². The topological polar surface area (TPSA) is 80.9 Å². The molecule has 0 heterocycles. The maximum atomic E-state index is 9.02. The molecule has 4 N–H and O–H groups in total. The Morgan fingerprint density at radius 3 is 1.60 bits per heavy atom. The molecule has 4 heteroatoms. The lowest BCUT2D eigenvalue weighted by atomic mass is 10.0. The minimum atomic E-state index is -1.05. The van der Waals surface area contributed by atoms with Gasteiger partial charge in [-0.2, -0.15) is 0 Å². The first kappa shape index (κ1) is 9.84. The molecule has 0 amide bonds. The molecule has 0 aliphatic heterocycles. The molecular weight excluding hydrogens is 136 g/mol. The van der Waals surface area contributed by atoms with Gasteiger partial charge in [-0.1, -0.05) is 0 Å². The molecule has 10 heavy (non-hydrogen) atoms. The number of aliphatic hydroxyl groups is 4. The Morgan fingerprint density at radius 1 is 1.10 bits per heavy atom. The van der Waals surface area contributed by atoms with Crippen LogP contribution in [0.2, 0.25) is 0 Å². The Labute approximate surface area is 59.7 Å². The van der Waals surface area contributed by atoms with Gasteiger partial charge in [0.15, 0.2) is 0 Å². The van der Waals surface area contributed by atoms with E-state index in [9.17, 15) is 0 Å². The molecule has 0 radical (unpaired) electrons. The standard InChI is InChI=1S/C6H14O4/c1-4(9)6(10)5(2-7)3-8/h4-10H,2-3H2,1H3. The first-order valence-corrected chi connectivity index (χ1v) is 3.21. The summed E-state index contributed by atoms with van der Waals surface area (Å²) in [7, 11) is 0. The molecule has 0 saturated carbocycles. The molecule has 0 aromatic heterocycles. The second kappa shape index (κ2) is 4.62. The third-order valence-corrected chi connectivity index (χ3v) is 1.45. The zero-order valence-electron chi connectivity index (χ0n) is 5.94. The third-order valence-electron chi connectivity index (χ3n) is 1.45. The lowest BCUT2D eigenvalue weighted by Gasteiger charge is -2.20. The predicted molar refractivity (Wildman–Crippen MR) is 35.3 cm³/mol. The molecule has 0 rings (SSSR count). The monoisotopic (exact) mass is 150 g/mol. The highest BCUT2D eigenvalue weighted by molar-refractivity contribution is 4.71. The van der Waals surface area contributed by atoms with Crippen molar-refractivity contribution in [1.29, 1.82) is 0 Å². The van der Waals surface area contributed by atoms with E-state index in [1.54, 1.807) is 0 Å². The second-order valence-electron chi connectivity index (χ2n) is 2.36. The van der Waals surface area contributed by atoms with Crippen LogP contribution < -0.4 is 0 Å². The summed E-state index contributed by atoms with van der Waals surface area (Å²) in [6.45, 7) is 0.772. The number of hydrogen-bond donors (Lipinski definition) is 4. The minimum Gasteiger partial charge on any atom is -0.396 e. The van der Waals surface area contributed by atoms with Crippen LogP contribution in [-0.2, 0) is 0 Å². The Balaban J connectivity index is 3.76.